The van der Waals surface area contributed by atoms with Crippen LogP contribution >= 0.6 is 0 Å². The molecular formula is C14H21FN2O2. The molecule has 1 rings (SSSR count). The van der Waals surface area contributed by atoms with E-state index in [-0.39, 0.29) is 17.9 Å². The Morgan fingerprint density at radius 1 is 1.42 bits per heavy atom. The van der Waals surface area contributed by atoms with Gasteiger partial charge in [-0.05, 0) is 31.9 Å². The van der Waals surface area contributed by atoms with Gasteiger partial charge in [-0.25, -0.2) is 4.39 Å². The van der Waals surface area contributed by atoms with Crippen molar-refractivity contribution in [3.05, 3.63) is 24.0 Å². The van der Waals surface area contributed by atoms with E-state index >= 15 is 0 Å². The molecule has 0 bridgehead atoms. The van der Waals surface area contributed by atoms with Crippen LogP contribution in [0.5, 0.6) is 5.75 Å². The van der Waals surface area contributed by atoms with E-state index < -0.39 is 11.6 Å². The fourth-order valence-electron chi connectivity index (χ4n) is 1.73. The number of nitrogens with one attached hydrogen (secondary N) is 1. The Morgan fingerprint density at radius 3 is 2.68 bits per heavy atom. The van der Waals surface area contributed by atoms with Gasteiger partial charge < -0.3 is 16.2 Å². The molecule has 1 aromatic carbocycles. The number of carbonyl (C=O) groups is 1. The highest BCUT2D eigenvalue weighted by atomic mass is 19.1. The van der Waals surface area contributed by atoms with E-state index in [1.165, 1.54) is 12.1 Å². The third-order valence-electron chi connectivity index (χ3n) is 2.96. The van der Waals surface area contributed by atoms with Gasteiger partial charge in [-0.2, -0.15) is 0 Å². The number of halogens is 1. The Bertz CT molecular complexity index is 435. The topological polar surface area (TPSA) is 75.4 Å². The van der Waals surface area contributed by atoms with Gasteiger partial charge in [0.1, 0.15) is 0 Å². The van der Waals surface area contributed by atoms with Gasteiger partial charge >= 0.3 is 0 Å². The standard InChI is InChI=1S/C14H21FN2O2/c1-9(4-3-5-10(2)16)14(19)17-11-6-7-13(18)12(15)8-11/h6-10,18H,3-5,16H2,1-2H3,(H,17,19). The summed E-state index contributed by atoms with van der Waals surface area (Å²) >= 11 is 0. The van der Waals surface area contributed by atoms with E-state index in [1.54, 1.807) is 0 Å². The van der Waals surface area contributed by atoms with Gasteiger partial charge in [0.25, 0.3) is 0 Å². The van der Waals surface area contributed by atoms with Crippen molar-refractivity contribution in [3.63, 3.8) is 0 Å². The second-order valence-electron chi connectivity index (χ2n) is 4.96. The molecule has 0 fully saturated rings. The van der Waals surface area contributed by atoms with E-state index in [9.17, 15) is 9.18 Å². The molecular weight excluding hydrogens is 247 g/mol. The summed E-state index contributed by atoms with van der Waals surface area (Å²) in [6.45, 7) is 3.76. The minimum Gasteiger partial charge on any atom is -0.505 e. The lowest BCUT2D eigenvalue weighted by Gasteiger charge is -2.13. The van der Waals surface area contributed by atoms with Crippen LogP contribution in [0.4, 0.5) is 10.1 Å². The molecule has 0 aliphatic carbocycles. The second kappa shape index (κ2) is 7.09. The molecule has 106 valence electrons. The van der Waals surface area contributed by atoms with Crippen LogP contribution in [0.15, 0.2) is 18.2 Å². The van der Waals surface area contributed by atoms with Crippen LogP contribution in [0, 0.1) is 11.7 Å². The highest BCUT2D eigenvalue weighted by Gasteiger charge is 2.13. The molecule has 0 aromatic heterocycles. The molecule has 0 saturated carbocycles. The molecule has 0 spiro atoms. The lowest BCUT2D eigenvalue weighted by atomic mass is 10.0. The highest BCUT2D eigenvalue weighted by Crippen LogP contribution is 2.20. The Morgan fingerprint density at radius 2 is 2.11 bits per heavy atom. The first-order valence-electron chi connectivity index (χ1n) is 6.45. The fraction of sp³-hybridized carbons (Fsp3) is 0.500. The summed E-state index contributed by atoms with van der Waals surface area (Å²) in [5.74, 6) is -1.49. The van der Waals surface area contributed by atoms with E-state index in [0.29, 0.717) is 5.69 Å². The predicted octanol–water partition coefficient (Wildman–Crippen LogP) is 2.62. The van der Waals surface area contributed by atoms with Crippen molar-refractivity contribution in [2.24, 2.45) is 11.7 Å². The summed E-state index contributed by atoms with van der Waals surface area (Å²) in [5.41, 5.74) is 5.99. The van der Waals surface area contributed by atoms with E-state index in [0.717, 1.165) is 25.3 Å². The molecule has 0 saturated heterocycles. The Balaban J connectivity index is 2.47. The number of benzene rings is 1. The molecule has 2 atom stereocenters. The number of nitrogens with two attached hydrogens (primary N) is 1. The number of aromatic hydroxyl groups is 1. The van der Waals surface area contributed by atoms with Gasteiger partial charge in [-0.3, -0.25) is 4.79 Å². The summed E-state index contributed by atoms with van der Waals surface area (Å²) in [5, 5.41) is 11.7. The number of anilines is 1. The molecule has 19 heavy (non-hydrogen) atoms. The zero-order valence-corrected chi connectivity index (χ0v) is 11.3. The number of hydrogen-bond donors (Lipinski definition) is 3. The van der Waals surface area contributed by atoms with Crippen molar-refractivity contribution in [2.75, 3.05) is 5.32 Å². The van der Waals surface area contributed by atoms with Gasteiger partial charge in [0.05, 0.1) is 0 Å². The molecule has 4 nitrogen and oxygen atoms in total. The van der Waals surface area contributed by atoms with E-state index in [4.69, 9.17) is 10.8 Å². The fourth-order valence-corrected chi connectivity index (χ4v) is 1.73. The Kier molecular flexibility index (Phi) is 5.76. The number of phenols is 1. The molecule has 2 unspecified atom stereocenters. The molecule has 5 heteroatoms. The number of amides is 1. The van der Waals surface area contributed by atoms with Crippen molar-refractivity contribution in [2.45, 2.75) is 39.2 Å². The van der Waals surface area contributed by atoms with Gasteiger partial charge in [0, 0.05) is 23.7 Å². The van der Waals surface area contributed by atoms with Crippen LogP contribution in [0.3, 0.4) is 0 Å². The van der Waals surface area contributed by atoms with Crippen LogP contribution in [0.25, 0.3) is 0 Å². The minimum absolute atomic E-state index is 0.140. The SMILES string of the molecule is CC(N)CCCC(C)C(=O)Nc1ccc(O)c(F)c1. The smallest absolute Gasteiger partial charge is 0.227 e. The first-order chi connectivity index (χ1) is 8.90. The van der Waals surface area contributed by atoms with Gasteiger partial charge in [-0.15, -0.1) is 0 Å². The van der Waals surface area contributed by atoms with E-state index in [1.807, 2.05) is 13.8 Å². The first kappa shape index (κ1) is 15.4. The summed E-state index contributed by atoms with van der Waals surface area (Å²) in [6, 6.07) is 3.92. The van der Waals surface area contributed by atoms with Crippen LogP contribution in [-0.4, -0.2) is 17.1 Å². The minimum atomic E-state index is -0.748. The maximum atomic E-state index is 13.1. The molecule has 1 aromatic rings. The van der Waals surface area contributed by atoms with Crippen molar-refractivity contribution in [1.29, 1.82) is 0 Å². The lowest BCUT2D eigenvalue weighted by Crippen LogP contribution is -2.21. The van der Waals surface area contributed by atoms with Gasteiger partial charge in [0.15, 0.2) is 11.6 Å². The van der Waals surface area contributed by atoms with Gasteiger partial charge in [0.2, 0.25) is 5.91 Å². The summed E-state index contributed by atoms with van der Waals surface area (Å²) < 4.78 is 13.1. The summed E-state index contributed by atoms with van der Waals surface area (Å²) in [7, 11) is 0. The predicted molar refractivity (Wildman–Crippen MR) is 73.4 cm³/mol. The van der Waals surface area contributed by atoms with Gasteiger partial charge in [-0.1, -0.05) is 13.3 Å². The average Bonchev–Trinajstić information content (AvgIpc) is 2.33. The number of phenolic OH excluding ortho intramolecular Hbond substituents is 1. The summed E-state index contributed by atoms with van der Waals surface area (Å²) in [6.07, 6.45) is 2.51. The zero-order chi connectivity index (χ0) is 14.4. The summed E-state index contributed by atoms with van der Waals surface area (Å²) in [4.78, 5) is 11.9. The normalized spacial score (nSPS) is 13.9. The van der Waals surface area contributed by atoms with Crippen LogP contribution in [0.2, 0.25) is 0 Å². The number of rotatable bonds is 6. The van der Waals surface area contributed by atoms with Crippen molar-refractivity contribution < 1.29 is 14.3 Å². The molecule has 0 aliphatic heterocycles. The molecule has 0 aliphatic rings. The second-order valence-corrected chi connectivity index (χ2v) is 4.96. The third-order valence-corrected chi connectivity index (χ3v) is 2.96. The van der Waals surface area contributed by atoms with Crippen molar-refractivity contribution >= 4 is 11.6 Å². The number of carbonyl (C=O) groups excluding carboxylic acids is 1. The monoisotopic (exact) mass is 268 g/mol. The maximum Gasteiger partial charge on any atom is 0.227 e. The Hall–Kier alpha value is -1.62. The van der Waals surface area contributed by atoms with Crippen LogP contribution < -0.4 is 11.1 Å². The van der Waals surface area contributed by atoms with Crippen molar-refractivity contribution in [1.82, 2.24) is 0 Å². The molecule has 0 heterocycles. The first-order valence-corrected chi connectivity index (χ1v) is 6.45. The Labute approximate surface area is 112 Å². The lowest BCUT2D eigenvalue weighted by molar-refractivity contribution is -0.119. The molecule has 0 radical (unpaired) electrons. The van der Waals surface area contributed by atoms with Crippen LogP contribution in [0.1, 0.15) is 33.1 Å². The molecule has 1 amide bonds. The quantitative estimate of drug-likeness (QED) is 0.694. The largest absolute Gasteiger partial charge is 0.505 e. The third kappa shape index (κ3) is 5.26. The number of hydrogen-bond acceptors (Lipinski definition) is 3. The average molecular weight is 268 g/mol. The highest BCUT2D eigenvalue weighted by molar-refractivity contribution is 5.92. The van der Waals surface area contributed by atoms with Crippen molar-refractivity contribution in [3.8, 4) is 5.75 Å². The van der Waals surface area contributed by atoms with E-state index in [2.05, 4.69) is 5.32 Å². The maximum absolute atomic E-state index is 13.1. The molecule has 4 N–H and O–H groups in total. The van der Waals surface area contributed by atoms with Crippen LogP contribution in [-0.2, 0) is 4.79 Å². The zero-order valence-electron chi connectivity index (χ0n) is 11.3.